The van der Waals surface area contributed by atoms with Gasteiger partial charge in [-0.1, -0.05) is 34.1 Å². The van der Waals surface area contributed by atoms with Gasteiger partial charge in [0.2, 0.25) is 0 Å². The monoisotopic (exact) mass is 468 g/mol. The van der Waals surface area contributed by atoms with Crippen LogP contribution in [0.1, 0.15) is 53.4 Å². The second kappa shape index (κ2) is 10.7. The molecule has 34 heavy (non-hydrogen) atoms. The van der Waals surface area contributed by atoms with Crippen molar-refractivity contribution in [1.29, 1.82) is 0 Å². The molecule has 1 aliphatic carbocycles. The van der Waals surface area contributed by atoms with Crippen LogP contribution in [0, 0.1) is 5.82 Å². The lowest BCUT2D eigenvalue weighted by Crippen LogP contribution is -2.20. The molecule has 1 atom stereocenters. The van der Waals surface area contributed by atoms with Crippen molar-refractivity contribution in [2.75, 3.05) is 14.2 Å². The molecule has 0 aromatic heterocycles. The number of hydrogen-bond donors (Lipinski definition) is 2. The molecule has 2 N–H and O–H groups in total. The Kier molecular flexibility index (Phi) is 7.68. The average Bonchev–Trinajstić information content (AvgIpc) is 2.84. The molecule has 8 nitrogen and oxygen atoms in total. The molecule has 0 aliphatic heterocycles. The van der Waals surface area contributed by atoms with Gasteiger partial charge in [-0.15, -0.1) is 0 Å². The number of carbonyl (C=O) groups is 1. The predicted molar refractivity (Wildman–Crippen MR) is 124 cm³/mol. The number of fused-ring (bicyclic) bond motifs is 1. The van der Waals surface area contributed by atoms with Crippen molar-refractivity contribution in [3.05, 3.63) is 82.2 Å². The van der Waals surface area contributed by atoms with Gasteiger partial charge in [0, 0.05) is 12.0 Å². The summed E-state index contributed by atoms with van der Waals surface area (Å²) in [6, 6.07) is 7.13. The summed E-state index contributed by atoms with van der Waals surface area (Å²) >= 11 is 0. The third kappa shape index (κ3) is 4.78. The molecular formula is C25H25FN2O6. The fourth-order valence-electron chi connectivity index (χ4n) is 3.67. The lowest BCUT2D eigenvalue weighted by Gasteiger charge is -2.26. The van der Waals surface area contributed by atoms with Crippen LogP contribution in [0.5, 0.6) is 11.5 Å². The van der Waals surface area contributed by atoms with E-state index in [0.717, 1.165) is 5.57 Å². The zero-order valence-corrected chi connectivity index (χ0v) is 19.2. The highest BCUT2D eigenvalue weighted by Gasteiger charge is 2.32. The van der Waals surface area contributed by atoms with E-state index in [-0.39, 0.29) is 34.9 Å². The van der Waals surface area contributed by atoms with Gasteiger partial charge in [-0.25, -0.2) is 9.18 Å². The number of halogens is 1. The lowest BCUT2D eigenvalue weighted by atomic mass is 9.88. The summed E-state index contributed by atoms with van der Waals surface area (Å²) in [5.41, 5.74) is 2.08. The van der Waals surface area contributed by atoms with Crippen molar-refractivity contribution >= 4 is 17.4 Å². The van der Waals surface area contributed by atoms with Crippen LogP contribution in [0.25, 0.3) is 0 Å². The van der Waals surface area contributed by atoms with Crippen molar-refractivity contribution in [2.45, 2.75) is 26.4 Å². The first-order valence-electron chi connectivity index (χ1n) is 10.4. The number of allylic oxidation sites excluding steroid dienone is 3. The minimum Gasteiger partial charge on any atom is -0.496 e. The number of hydrogen-bond acceptors (Lipinski definition) is 8. The summed E-state index contributed by atoms with van der Waals surface area (Å²) in [6.45, 7) is 3.79. The predicted octanol–water partition coefficient (Wildman–Crippen LogP) is 5.02. The first-order chi connectivity index (χ1) is 16.4. The van der Waals surface area contributed by atoms with Crippen LogP contribution in [0.4, 0.5) is 4.39 Å². The number of oxime groups is 2. The Bertz CT molecular complexity index is 1210. The molecule has 0 heterocycles. The largest absolute Gasteiger partial charge is 0.496 e. The number of methoxy groups -OCH3 is 2. The van der Waals surface area contributed by atoms with Gasteiger partial charge in [-0.3, -0.25) is 0 Å². The van der Waals surface area contributed by atoms with Gasteiger partial charge in [0.05, 0.1) is 30.9 Å². The van der Waals surface area contributed by atoms with Crippen LogP contribution >= 0.6 is 0 Å². The number of esters is 1. The van der Waals surface area contributed by atoms with E-state index in [1.165, 1.54) is 44.6 Å². The number of benzene rings is 2. The maximum Gasteiger partial charge on any atom is 0.341 e. The first kappa shape index (κ1) is 24.5. The summed E-state index contributed by atoms with van der Waals surface area (Å²) in [5, 5.41) is 25.7. The van der Waals surface area contributed by atoms with Gasteiger partial charge in [0.1, 0.15) is 34.8 Å². The van der Waals surface area contributed by atoms with Crippen molar-refractivity contribution in [3.8, 4) is 11.5 Å². The minimum absolute atomic E-state index is 0.126. The Morgan fingerprint density at radius 3 is 2.26 bits per heavy atom. The van der Waals surface area contributed by atoms with Gasteiger partial charge >= 0.3 is 5.97 Å². The van der Waals surface area contributed by atoms with E-state index < -0.39 is 17.9 Å². The molecular weight excluding hydrogens is 443 g/mol. The fourth-order valence-corrected chi connectivity index (χ4v) is 3.67. The van der Waals surface area contributed by atoms with Crippen LogP contribution in [-0.4, -0.2) is 42.0 Å². The molecule has 3 rings (SSSR count). The Hall–Kier alpha value is -4.14. The van der Waals surface area contributed by atoms with Crippen LogP contribution in [-0.2, 0) is 4.74 Å². The molecule has 0 amide bonds. The molecule has 2 aromatic carbocycles. The second-order valence-corrected chi connectivity index (χ2v) is 7.65. The molecule has 9 heteroatoms. The fraction of sp³-hybridized carbons (Fsp3) is 0.240. The maximum atomic E-state index is 14.2. The molecule has 0 saturated heterocycles. The van der Waals surface area contributed by atoms with E-state index in [0.29, 0.717) is 16.7 Å². The summed E-state index contributed by atoms with van der Waals surface area (Å²) in [6.07, 6.45) is 4.11. The Labute approximate surface area is 196 Å². The molecule has 0 saturated carbocycles. The molecule has 0 spiro atoms. The van der Waals surface area contributed by atoms with Crippen molar-refractivity contribution in [1.82, 2.24) is 0 Å². The Morgan fingerprint density at radius 2 is 1.71 bits per heavy atom. The summed E-state index contributed by atoms with van der Waals surface area (Å²) in [4.78, 5) is 12.9. The Morgan fingerprint density at radius 1 is 1.06 bits per heavy atom. The number of nitrogens with zero attached hydrogens (tertiary/aromatic N) is 2. The lowest BCUT2D eigenvalue weighted by molar-refractivity contribution is 0.0292. The van der Waals surface area contributed by atoms with E-state index in [2.05, 4.69) is 10.3 Å². The van der Waals surface area contributed by atoms with E-state index >= 15 is 0 Å². The van der Waals surface area contributed by atoms with E-state index in [1.807, 2.05) is 19.9 Å². The molecule has 0 fully saturated rings. The molecule has 178 valence electrons. The van der Waals surface area contributed by atoms with Gasteiger partial charge in [0.15, 0.2) is 0 Å². The number of carbonyl (C=O) groups excluding carboxylic acids is 1. The van der Waals surface area contributed by atoms with Gasteiger partial charge in [-0.2, -0.15) is 0 Å². The molecule has 1 aliphatic rings. The average molecular weight is 468 g/mol. The summed E-state index contributed by atoms with van der Waals surface area (Å²) in [7, 11) is 2.83. The molecule has 0 bridgehead atoms. The quantitative estimate of drug-likeness (QED) is 0.255. The van der Waals surface area contributed by atoms with Crippen LogP contribution in [0.2, 0.25) is 0 Å². The zero-order valence-electron chi connectivity index (χ0n) is 19.2. The van der Waals surface area contributed by atoms with E-state index in [9.17, 15) is 19.6 Å². The van der Waals surface area contributed by atoms with Crippen molar-refractivity contribution < 1.29 is 33.8 Å². The van der Waals surface area contributed by atoms with Crippen molar-refractivity contribution in [2.24, 2.45) is 10.3 Å². The number of ether oxygens (including phenoxy) is 3. The van der Waals surface area contributed by atoms with Crippen molar-refractivity contribution in [3.63, 3.8) is 0 Å². The third-order valence-electron chi connectivity index (χ3n) is 5.25. The van der Waals surface area contributed by atoms with Crippen LogP contribution < -0.4 is 9.47 Å². The zero-order chi connectivity index (χ0) is 24.8. The van der Waals surface area contributed by atoms with Gasteiger partial charge < -0.3 is 24.6 Å². The van der Waals surface area contributed by atoms with Gasteiger partial charge in [0.25, 0.3) is 0 Å². The topological polar surface area (TPSA) is 110 Å². The van der Waals surface area contributed by atoms with E-state index in [1.54, 1.807) is 12.1 Å². The molecule has 2 aromatic rings. The standard InChI is InChI=1S/C25H25FN2O6/c1-14(2)9-12-20(34-25(29)15-7-5-6-8-17(15)26)16-13-21(32-3)22-18(27-30)10-11-19(28-31)23(22)24(16)33-4/h5-11,13,20,30-31H,12H2,1-4H3/b27-18+,28-19+. The van der Waals surface area contributed by atoms with Crippen LogP contribution in [0.3, 0.4) is 0 Å². The summed E-state index contributed by atoms with van der Waals surface area (Å²) < 4.78 is 31.2. The number of rotatable bonds is 7. The minimum atomic E-state index is -0.906. The molecule has 0 radical (unpaired) electrons. The smallest absolute Gasteiger partial charge is 0.341 e. The SMILES string of the molecule is COc1cc(C(CC=C(C)C)OC(=O)c2ccccc2F)c(OC)c2c1/C(=N/O)C=C/C2=N\O. The first-order valence-corrected chi connectivity index (χ1v) is 10.4. The van der Waals surface area contributed by atoms with E-state index in [4.69, 9.17) is 14.2 Å². The maximum absolute atomic E-state index is 14.2. The summed E-state index contributed by atoms with van der Waals surface area (Å²) in [5.74, 6) is -1.06. The van der Waals surface area contributed by atoms with Crippen LogP contribution in [0.15, 0.2) is 64.4 Å². The van der Waals surface area contributed by atoms with Gasteiger partial charge in [-0.05, 0) is 44.2 Å². The molecule has 1 unspecified atom stereocenters. The second-order valence-electron chi connectivity index (χ2n) is 7.65. The Balaban J connectivity index is 2.22. The third-order valence-corrected chi connectivity index (χ3v) is 5.25. The highest BCUT2D eigenvalue weighted by atomic mass is 19.1. The normalized spacial score (nSPS) is 15.6. The highest BCUT2D eigenvalue weighted by molar-refractivity contribution is 6.27. The highest BCUT2D eigenvalue weighted by Crippen LogP contribution is 2.42.